The van der Waals surface area contributed by atoms with Gasteiger partial charge in [-0.1, -0.05) is 17.7 Å². The van der Waals surface area contributed by atoms with Crippen LogP contribution in [0.3, 0.4) is 0 Å². The summed E-state index contributed by atoms with van der Waals surface area (Å²) >= 11 is 0. The normalized spacial score (nSPS) is 12.6. The molecule has 1 aromatic rings. The standard InChI is InChI=1S/C8H11NO3/c1-7-3-5-8(6-4-7)12-9(10)11-2/h3-6,9H,1-2H3. The van der Waals surface area contributed by atoms with Crippen LogP contribution in [0.25, 0.3) is 0 Å². The second-order valence-corrected chi connectivity index (χ2v) is 2.37. The Morgan fingerprint density at radius 2 is 1.83 bits per heavy atom. The molecule has 1 rings (SSSR count). The van der Waals surface area contributed by atoms with Crippen molar-refractivity contribution < 1.29 is 15.1 Å². The second kappa shape index (κ2) is 4.06. The second-order valence-electron chi connectivity index (χ2n) is 2.37. The quantitative estimate of drug-likeness (QED) is 0.659. The molecule has 0 aliphatic rings. The van der Waals surface area contributed by atoms with Crippen LogP contribution in [-0.4, -0.2) is 7.11 Å². The summed E-state index contributed by atoms with van der Waals surface area (Å²) in [7, 11) is 1.27. The maximum Gasteiger partial charge on any atom is 0.195 e. The molecule has 0 spiro atoms. The van der Waals surface area contributed by atoms with Gasteiger partial charge in [-0.3, -0.25) is 4.84 Å². The van der Waals surface area contributed by atoms with Crippen molar-refractivity contribution >= 4 is 0 Å². The topological polar surface area (TPSA) is 46.0 Å². The van der Waals surface area contributed by atoms with E-state index in [9.17, 15) is 5.21 Å². The smallest absolute Gasteiger partial charge is 0.195 e. The van der Waals surface area contributed by atoms with Gasteiger partial charge in [-0.05, 0) is 24.4 Å². The Kier molecular flexibility index (Phi) is 3.04. The first-order chi connectivity index (χ1) is 5.72. The minimum atomic E-state index is -0.696. The fraction of sp³-hybridized carbons (Fsp3) is 0.250. The summed E-state index contributed by atoms with van der Waals surface area (Å²) in [4.78, 5) is 9.08. The van der Waals surface area contributed by atoms with Gasteiger partial charge in [0.25, 0.3) is 0 Å². The molecule has 0 radical (unpaired) electrons. The van der Waals surface area contributed by atoms with Crippen LogP contribution in [0.5, 0.6) is 5.75 Å². The highest BCUT2D eigenvalue weighted by Gasteiger charge is 1.97. The van der Waals surface area contributed by atoms with E-state index >= 15 is 0 Å². The molecule has 1 N–H and O–H groups in total. The zero-order chi connectivity index (χ0) is 8.97. The van der Waals surface area contributed by atoms with Gasteiger partial charge in [0, 0.05) is 0 Å². The van der Waals surface area contributed by atoms with Gasteiger partial charge in [0.15, 0.2) is 5.75 Å². The van der Waals surface area contributed by atoms with Crippen LogP contribution in [0.1, 0.15) is 5.56 Å². The molecule has 1 unspecified atom stereocenters. The lowest BCUT2D eigenvalue weighted by Gasteiger charge is -2.15. The Morgan fingerprint density at radius 1 is 1.25 bits per heavy atom. The molecule has 0 fully saturated rings. The maximum atomic E-state index is 10.6. The lowest BCUT2D eigenvalue weighted by Crippen LogP contribution is -3.07. The van der Waals surface area contributed by atoms with Crippen molar-refractivity contribution in [3.8, 4) is 5.75 Å². The van der Waals surface area contributed by atoms with E-state index in [1.54, 1.807) is 12.1 Å². The minimum absolute atomic E-state index is 0.493. The van der Waals surface area contributed by atoms with Crippen LogP contribution in [0, 0.1) is 12.1 Å². The highest BCUT2D eigenvalue weighted by molar-refractivity contribution is 5.25. The minimum Gasteiger partial charge on any atom is -0.556 e. The number of benzene rings is 1. The summed E-state index contributed by atoms with van der Waals surface area (Å²) in [5, 5.41) is 9.93. The van der Waals surface area contributed by atoms with Crippen molar-refractivity contribution in [1.29, 1.82) is 0 Å². The third kappa shape index (κ3) is 2.50. The fourth-order valence-corrected chi connectivity index (χ4v) is 0.744. The van der Waals surface area contributed by atoms with Gasteiger partial charge < -0.3 is 5.21 Å². The molecular formula is C8H11NO3. The molecule has 0 amide bonds. The summed E-state index contributed by atoms with van der Waals surface area (Å²) in [6, 6.07) is 7.15. The number of hydrogen-bond donors (Lipinski definition) is 1. The third-order valence-corrected chi connectivity index (χ3v) is 1.39. The van der Waals surface area contributed by atoms with Gasteiger partial charge in [-0.15, -0.1) is 0 Å². The van der Waals surface area contributed by atoms with E-state index in [0.29, 0.717) is 5.75 Å². The van der Waals surface area contributed by atoms with Crippen LogP contribution in [0.15, 0.2) is 24.3 Å². The van der Waals surface area contributed by atoms with Crippen LogP contribution in [0.2, 0.25) is 0 Å². The number of nitrogens with one attached hydrogen (secondary N) is 1. The molecular weight excluding hydrogens is 158 g/mol. The highest BCUT2D eigenvalue weighted by atomic mass is 17.1. The summed E-state index contributed by atoms with van der Waals surface area (Å²) in [5.74, 6) is 0.493. The molecule has 0 aromatic heterocycles. The van der Waals surface area contributed by atoms with Crippen LogP contribution >= 0.6 is 0 Å². The zero-order valence-corrected chi connectivity index (χ0v) is 7.03. The van der Waals surface area contributed by atoms with Gasteiger partial charge in [-0.2, -0.15) is 4.84 Å². The molecule has 0 aliphatic carbocycles. The average Bonchev–Trinajstić information content (AvgIpc) is 2.09. The van der Waals surface area contributed by atoms with Crippen molar-refractivity contribution in [2.24, 2.45) is 0 Å². The van der Waals surface area contributed by atoms with Gasteiger partial charge >= 0.3 is 0 Å². The summed E-state index contributed by atoms with van der Waals surface area (Å²) in [6.07, 6.45) is 0. The molecule has 4 heteroatoms. The lowest BCUT2D eigenvalue weighted by molar-refractivity contribution is -1.18. The number of hydrogen-bond acceptors (Lipinski definition) is 3. The molecule has 0 bridgehead atoms. The molecule has 0 saturated heterocycles. The highest BCUT2D eigenvalue weighted by Crippen LogP contribution is 2.08. The Balaban J connectivity index is 2.58. The first kappa shape index (κ1) is 8.99. The zero-order valence-electron chi connectivity index (χ0n) is 7.03. The summed E-state index contributed by atoms with van der Waals surface area (Å²) in [5.41, 5.74) is 1.12. The van der Waals surface area contributed by atoms with Crippen molar-refractivity contribution in [1.82, 2.24) is 0 Å². The van der Waals surface area contributed by atoms with Crippen molar-refractivity contribution in [3.05, 3.63) is 35.0 Å². The third-order valence-electron chi connectivity index (χ3n) is 1.39. The number of quaternary nitrogens is 1. The van der Waals surface area contributed by atoms with Crippen molar-refractivity contribution in [2.45, 2.75) is 6.92 Å². The molecule has 1 aromatic carbocycles. The summed E-state index contributed by atoms with van der Waals surface area (Å²) in [6.45, 7) is 1.96. The first-order valence-electron chi connectivity index (χ1n) is 3.55. The summed E-state index contributed by atoms with van der Waals surface area (Å²) < 4.78 is 0. The first-order valence-corrected chi connectivity index (χ1v) is 3.55. The maximum absolute atomic E-state index is 10.6. The SMILES string of the molecule is CO[NH+]([O-])Oc1ccc(C)cc1. The van der Waals surface area contributed by atoms with E-state index in [1.807, 2.05) is 19.1 Å². The van der Waals surface area contributed by atoms with Crippen LogP contribution in [-0.2, 0) is 4.84 Å². The molecule has 0 heterocycles. The number of rotatable bonds is 3. The number of aryl methyl sites for hydroxylation is 1. The Labute approximate surface area is 70.8 Å². The molecule has 12 heavy (non-hydrogen) atoms. The largest absolute Gasteiger partial charge is 0.556 e. The predicted molar refractivity (Wildman–Crippen MR) is 43.1 cm³/mol. The van der Waals surface area contributed by atoms with Gasteiger partial charge in [0.2, 0.25) is 0 Å². The van der Waals surface area contributed by atoms with Crippen LogP contribution in [0.4, 0.5) is 0 Å². The van der Waals surface area contributed by atoms with Gasteiger partial charge in [0.1, 0.15) is 7.11 Å². The van der Waals surface area contributed by atoms with E-state index in [-0.39, 0.29) is 0 Å². The van der Waals surface area contributed by atoms with Gasteiger partial charge in [0.05, 0.1) is 0 Å². The van der Waals surface area contributed by atoms with E-state index < -0.39 is 5.39 Å². The van der Waals surface area contributed by atoms with Crippen molar-refractivity contribution in [3.63, 3.8) is 0 Å². The Morgan fingerprint density at radius 3 is 2.33 bits per heavy atom. The van der Waals surface area contributed by atoms with E-state index in [4.69, 9.17) is 4.84 Å². The monoisotopic (exact) mass is 169 g/mol. The Hall–Kier alpha value is -1.10. The van der Waals surface area contributed by atoms with E-state index in [2.05, 4.69) is 4.84 Å². The Bertz CT molecular complexity index is 235. The molecule has 0 aliphatic heterocycles. The molecule has 66 valence electrons. The molecule has 0 saturated carbocycles. The van der Waals surface area contributed by atoms with Crippen LogP contribution < -0.4 is 10.2 Å². The van der Waals surface area contributed by atoms with Gasteiger partial charge in [-0.25, -0.2) is 0 Å². The molecule has 4 nitrogen and oxygen atoms in total. The average molecular weight is 169 g/mol. The predicted octanol–water partition coefficient (Wildman–Crippen LogP) is 0.233. The van der Waals surface area contributed by atoms with E-state index in [1.165, 1.54) is 7.11 Å². The van der Waals surface area contributed by atoms with Crippen molar-refractivity contribution in [2.75, 3.05) is 7.11 Å². The fourth-order valence-electron chi connectivity index (χ4n) is 0.744. The lowest BCUT2D eigenvalue weighted by atomic mass is 10.2. The van der Waals surface area contributed by atoms with E-state index in [0.717, 1.165) is 5.56 Å². The molecule has 1 atom stereocenters.